The average molecular weight is 453 g/mol. The molecule has 144 valence electrons. The fraction of sp³-hybridized carbons (Fsp3) is 0.316. The van der Waals surface area contributed by atoms with Crippen molar-refractivity contribution in [3.05, 3.63) is 40.4 Å². The highest BCUT2D eigenvalue weighted by Crippen LogP contribution is 2.38. The van der Waals surface area contributed by atoms with Gasteiger partial charge in [0.25, 0.3) is 11.8 Å². The Bertz CT molecular complexity index is 822. The first kappa shape index (κ1) is 21.1. The van der Waals surface area contributed by atoms with Gasteiger partial charge < -0.3 is 9.47 Å². The number of hydrogen-bond acceptors (Lipinski definition) is 5. The highest BCUT2D eigenvalue weighted by atomic mass is 79.9. The standard InChI is InChI=1S/C19H21BrN2O4S/c1-5-7-22-18(24)13(17(23)21-19(22)27)8-12-9-14(20)16(15(10-12)25-4)26-11(3)6-2/h5,8-11H,1,6-7H2,2-4H3,(H,21,23,27)/b13-8+/t11-/m0/s1. The fourth-order valence-electron chi connectivity index (χ4n) is 2.38. The van der Waals surface area contributed by atoms with Crippen LogP contribution in [0.4, 0.5) is 0 Å². The van der Waals surface area contributed by atoms with E-state index in [2.05, 4.69) is 27.8 Å². The van der Waals surface area contributed by atoms with Gasteiger partial charge in [-0.05, 0) is 65.3 Å². The quantitative estimate of drug-likeness (QED) is 0.297. The predicted molar refractivity (Wildman–Crippen MR) is 112 cm³/mol. The zero-order valence-corrected chi connectivity index (χ0v) is 17.8. The second-order valence-corrected chi connectivity index (χ2v) is 7.13. The van der Waals surface area contributed by atoms with Crippen LogP contribution in [0.3, 0.4) is 0 Å². The van der Waals surface area contributed by atoms with Crippen LogP contribution in [0, 0.1) is 0 Å². The van der Waals surface area contributed by atoms with Gasteiger partial charge in [-0.1, -0.05) is 13.0 Å². The minimum absolute atomic E-state index is 0.0126. The third kappa shape index (κ3) is 4.75. The summed E-state index contributed by atoms with van der Waals surface area (Å²) < 4.78 is 12.0. The molecule has 0 spiro atoms. The average Bonchev–Trinajstić information content (AvgIpc) is 2.63. The van der Waals surface area contributed by atoms with Crippen LogP contribution < -0.4 is 14.8 Å². The SMILES string of the molecule is C=CCN1C(=O)/C(=C/c2cc(Br)c(O[C@@H](C)CC)c(OC)c2)C(=O)NC1=S. The first-order valence-corrected chi connectivity index (χ1v) is 9.56. The van der Waals surface area contributed by atoms with Crippen LogP contribution >= 0.6 is 28.1 Å². The first-order chi connectivity index (χ1) is 12.8. The number of nitrogens with zero attached hydrogens (tertiary/aromatic N) is 1. The molecule has 6 nitrogen and oxygen atoms in total. The third-order valence-electron chi connectivity index (χ3n) is 3.95. The molecule has 1 saturated heterocycles. The summed E-state index contributed by atoms with van der Waals surface area (Å²) in [7, 11) is 1.53. The van der Waals surface area contributed by atoms with E-state index in [1.807, 2.05) is 13.8 Å². The van der Waals surface area contributed by atoms with Crippen molar-refractivity contribution in [2.75, 3.05) is 13.7 Å². The van der Waals surface area contributed by atoms with Gasteiger partial charge in [0.1, 0.15) is 5.57 Å². The predicted octanol–water partition coefficient (Wildman–Crippen LogP) is 3.45. The van der Waals surface area contributed by atoms with E-state index in [1.54, 1.807) is 18.2 Å². The molecule has 0 aliphatic carbocycles. The molecule has 1 N–H and O–H groups in total. The minimum atomic E-state index is -0.541. The Balaban J connectivity index is 2.44. The number of benzene rings is 1. The molecule has 0 aromatic heterocycles. The van der Waals surface area contributed by atoms with Crippen LogP contribution in [-0.4, -0.2) is 41.6 Å². The zero-order chi connectivity index (χ0) is 20.1. The van der Waals surface area contributed by atoms with Crippen molar-refractivity contribution in [1.29, 1.82) is 0 Å². The second-order valence-electron chi connectivity index (χ2n) is 5.89. The summed E-state index contributed by atoms with van der Waals surface area (Å²) in [6, 6.07) is 3.47. The molecule has 2 amide bonds. The molecule has 8 heteroatoms. The molecule has 1 aromatic carbocycles. The molecule has 1 heterocycles. The van der Waals surface area contributed by atoms with Crippen molar-refractivity contribution in [1.82, 2.24) is 10.2 Å². The highest BCUT2D eigenvalue weighted by molar-refractivity contribution is 9.10. The number of thiocarbonyl (C=S) groups is 1. The normalized spacial score (nSPS) is 17.0. The van der Waals surface area contributed by atoms with Gasteiger partial charge in [-0.25, -0.2) is 0 Å². The molecule has 1 fully saturated rings. The number of rotatable bonds is 7. The highest BCUT2D eigenvalue weighted by Gasteiger charge is 2.32. The lowest BCUT2D eigenvalue weighted by atomic mass is 10.1. The van der Waals surface area contributed by atoms with E-state index in [9.17, 15) is 9.59 Å². The van der Waals surface area contributed by atoms with Crippen molar-refractivity contribution in [2.24, 2.45) is 0 Å². The summed E-state index contributed by atoms with van der Waals surface area (Å²) >= 11 is 8.52. The third-order valence-corrected chi connectivity index (χ3v) is 4.87. The largest absolute Gasteiger partial charge is 0.493 e. The molecule has 1 aliphatic heterocycles. The Morgan fingerprint density at radius 2 is 2.11 bits per heavy atom. The molecule has 0 radical (unpaired) electrons. The summed E-state index contributed by atoms with van der Waals surface area (Å²) in [5.74, 6) is 0.0561. The van der Waals surface area contributed by atoms with Crippen LogP contribution in [-0.2, 0) is 9.59 Å². The summed E-state index contributed by atoms with van der Waals surface area (Å²) in [4.78, 5) is 26.2. The molecule has 0 bridgehead atoms. The number of amides is 2. The Kier molecular flexibility index (Phi) is 7.15. The van der Waals surface area contributed by atoms with E-state index in [1.165, 1.54) is 18.1 Å². The summed E-state index contributed by atoms with van der Waals surface area (Å²) in [6.45, 7) is 7.80. The lowest BCUT2D eigenvalue weighted by Crippen LogP contribution is -2.53. The Morgan fingerprint density at radius 1 is 1.41 bits per heavy atom. The molecule has 27 heavy (non-hydrogen) atoms. The van der Waals surface area contributed by atoms with Crippen molar-refractivity contribution in [2.45, 2.75) is 26.4 Å². The van der Waals surface area contributed by atoms with Crippen LogP contribution in [0.25, 0.3) is 6.08 Å². The van der Waals surface area contributed by atoms with E-state index in [-0.39, 0.29) is 23.3 Å². The smallest absolute Gasteiger partial charge is 0.265 e. The van der Waals surface area contributed by atoms with Gasteiger partial charge >= 0.3 is 0 Å². The molecule has 2 rings (SSSR count). The number of hydrogen-bond donors (Lipinski definition) is 1. The number of carbonyl (C=O) groups is 2. The molecule has 0 saturated carbocycles. The Labute approximate surface area is 172 Å². The van der Waals surface area contributed by atoms with Crippen LogP contribution in [0.1, 0.15) is 25.8 Å². The van der Waals surface area contributed by atoms with Crippen LogP contribution in [0.5, 0.6) is 11.5 Å². The van der Waals surface area contributed by atoms with Crippen molar-refractivity contribution < 1.29 is 19.1 Å². The van der Waals surface area contributed by atoms with Crippen LogP contribution in [0.2, 0.25) is 0 Å². The van der Waals surface area contributed by atoms with Gasteiger partial charge in [-0.15, -0.1) is 6.58 Å². The second kappa shape index (κ2) is 9.14. The lowest BCUT2D eigenvalue weighted by Gasteiger charge is -2.27. The maximum atomic E-state index is 12.6. The Morgan fingerprint density at radius 3 is 2.70 bits per heavy atom. The van der Waals surface area contributed by atoms with E-state index in [0.717, 1.165) is 6.42 Å². The van der Waals surface area contributed by atoms with Gasteiger partial charge in [-0.3, -0.25) is 19.8 Å². The molecular weight excluding hydrogens is 432 g/mol. The van der Waals surface area contributed by atoms with Gasteiger partial charge in [-0.2, -0.15) is 0 Å². The zero-order valence-electron chi connectivity index (χ0n) is 15.4. The topological polar surface area (TPSA) is 67.9 Å². The summed E-state index contributed by atoms with van der Waals surface area (Å²) in [5.41, 5.74) is 0.593. The van der Waals surface area contributed by atoms with Gasteiger partial charge in [0.2, 0.25) is 0 Å². The van der Waals surface area contributed by atoms with Gasteiger partial charge in [0, 0.05) is 6.54 Å². The summed E-state index contributed by atoms with van der Waals surface area (Å²) in [5, 5.41) is 2.58. The van der Waals surface area contributed by atoms with Crippen LogP contribution in [0.15, 0.2) is 34.8 Å². The van der Waals surface area contributed by atoms with E-state index < -0.39 is 11.8 Å². The molecular formula is C19H21BrN2O4S. The maximum absolute atomic E-state index is 12.6. The van der Waals surface area contributed by atoms with Crippen molar-refractivity contribution in [3.8, 4) is 11.5 Å². The minimum Gasteiger partial charge on any atom is -0.493 e. The number of carbonyl (C=O) groups excluding carboxylic acids is 2. The van der Waals surface area contributed by atoms with E-state index >= 15 is 0 Å². The molecule has 0 unspecified atom stereocenters. The number of ether oxygens (including phenoxy) is 2. The fourth-order valence-corrected chi connectivity index (χ4v) is 3.18. The number of methoxy groups -OCH3 is 1. The molecule has 1 aliphatic rings. The summed E-state index contributed by atoms with van der Waals surface area (Å²) in [6.07, 6.45) is 3.89. The van der Waals surface area contributed by atoms with Crippen molar-refractivity contribution >= 4 is 51.2 Å². The first-order valence-electron chi connectivity index (χ1n) is 8.36. The number of halogens is 1. The van der Waals surface area contributed by atoms with Gasteiger partial charge in [0.05, 0.1) is 17.7 Å². The van der Waals surface area contributed by atoms with E-state index in [4.69, 9.17) is 21.7 Å². The maximum Gasteiger partial charge on any atom is 0.265 e. The molecule has 1 atom stereocenters. The van der Waals surface area contributed by atoms with E-state index in [0.29, 0.717) is 21.5 Å². The monoisotopic (exact) mass is 452 g/mol. The lowest BCUT2D eigenvalue weighted by molar-refractivity contribution is -0.128. The van der Waals surface area contributed by atoms with Gasteiger partial charge in [0.15, 0.2) is 16.6 Å². The molecule has 1 aromatic rings. The Hall–Kier alpha value is -2.19. The number of nitrogens with one attached hydrogen (secondary N) is 1. The van der Waals surface area contributed by atoms with Crippen molar-refractivity contribution in [3.63, 3.8) is 0 Å².